The Morgan fingerprint density at radius 2 is 1.86 bits per heavy atom. The van der Waals surface area contributed by atoms with Gasteiger partial charge >= 0.3 is 0 Å². The van der Waals surface area contributed by atoms with E-state index in [2.05, 4.69) is 0 Å². The van der Waals surface area contributed by atoms with Crippen molar-refractivity contribution in [3.05, 3.63) is 35.4 Å². The van der Waals surface area contributed by atoms with Crippen LogP contribution in [0.15, 0.2) is 18.2 Å². The smallest absolute Gasteiger partial charge is 0.129 e. The van der Waals surface area contributed by atoms with E-state index in [1.165, 1.54) is 18.2 Å². The quantitative estimate of drug-likeness (QED) is 0.773. The summed E-state index contributed by atoms with van der Waals surface area (Å²) in [6.07, 6.45) is 2.38. The Morgan fingerprint density at radius 3 is 2.29 bits per heavy atom. The lowest BCUT2D eigenvalue weighted by atomic mass is 9.76. The number of hydrogen-bond donors (Lipinski definition) is 1. The van der Waals surface area contributed by atoms with Crippen molar-refractivity contribution in [2.45, 2.75) is 25.3 Å². The van der Waals surface area contributed by atoms with Crippen molar-refractivity contribution >= 4 is 0 Å². The van der Waals surface area contributed by atoms with Crippen LogP contribution < -0.4 is 5.73 Å². The molecule has 2 atom stereocenters. The van der Waals surface area contributed by atoms with Gasteiger partial charge in [0, 0.05) is 11.6 Å². The molecule has 0 bridgehead atoms. The van der Waals surface area contributed by atoms with Crippen molar-refractivity contribution in [2.24, 2.45) is 11.7 Å². The van der Waals surface area contributed by atoms with E-state index >= 15 is 0 Å². The molecular formula is C11H13F2N. The van der Waals surface area contributed by atoms with Crippen LogP contribution in [0.5, 0.6) is 0 Å². The Hall–Kier alpha value is -0.960. The fourth-order valence-electron chi connectivity index (χ4n) is 1.84. The molecule has 0 radical (unpaired) electrons. The van der Waals surface area contributed by atoms with Crippen LogP contribution in [0.3, 0.4) is 0 Å². The van der Waals surface area contributed by atoms with Gasteiger partial charge in [0.05, 0.1) is 0 Å². The van der Waals surface area contributed by atoms with E-state index in [0.29, 0.717) is 6.42 Å². The van der Waals surface area contributed by atoms with E-state index in [1.807, 2.05) is 0 Å². The molecule has 0 aliphatic heterocycles. The summed E-state index contributed by atoms with van der Waals surface area (Å²) in [6.45, 7) is 0. The molecule has 3 heteroatoms. The van der Waals surface area contributed by atoms with Crippen LogP contribution in [0.25, 0.3) is 0 Å². The molecule has 1 saturated carbocycles. The minimum absolute atomic E-state index is 0.119. The molecule has 0 spiro atoms. The van der Waals surface area contributed by atoms with Crippen molar-refractivity contribution in [1.82, 2.24) is 0 Å². The minimum atomic E-state index is -0.455. The van der Waals surface area contributed by atoms with Crippen molar-refractivity contribution < 1.29 is 8.78 Å². The van der Waals surface area contributed by atoms with Crippen LogP contribution in [0.4, 0.5) is 8.78 Å². The highest BCUT2D eigenvalue weighted by Gasteiger charge is 2.28. The summed E-state index contributed by atoms with van der Waals surface area (Å²) >= 11 is 0. The van der Waals surface area contributed by atoms with Crippen molar-refractivity contribution in [1.29, 1.82) is 0 Å². The van der Waals surface area contributed by atoms with Crippen molar-refractivity contribution in [2.75, 3.05) is 0 Å². The Morgan fingerprint density at radius 1 is 1.21 bits per heavy atom. The highest BCUT2D eigenvalue weighted by Crippen LogP contribution is 2.30. The van der Waals surface area contributed by atoms with E-state index in [0.717, 1.165) is 12.8 Å². The van der Waals surface area contributed by atoms with Gasteiger partial charge in [-0.05, 0) is 37.3 Å². The fraction of sp³-hybridized carbons (Fsp3) is 0.455. The molecule has 1 aromatic carbocycles. The number of nitrogens with two attached hydrogens (primary N) is 1. The predicted molar refractivity (Wildman–Crippen MR) is 50.8 cm³/mol. The molecule has 2 unspecified atom stereocenters. The van der Waals surface area contributed by atoms with Gasteiger partial charge in [0.1, 0.15) is 11.6 Å². The Bertz CT molecular complexity index is 318. The number of benzene rings is 1. The summed E-state index contributed by atoms with van der Waals surface area (Å²) in [4.78, 5) is 0. The molecule has 1 nitrogen and oxygen atoms in total. The fourth-order valence-corrected chi connectivity index (χ4v) is 1.84. The third-order valence-electron chi connectivity index (χ3n) is 3.00. The first-order chi connectivity index (χ1) is 6.68. The lowest BCUT2D eigenvalue weighted by Gasteiger charge is -2.33. The zero-order valence-electron chi connectivity index (χ0n) is 7.84. The molecule has 0 heterocycles. The third-order valence-corrected chi connectivity index (χ3v) is 3.00. The van der Waals surface area contributed by atoms with Gasteiger partial charge in [-0.25, -0.2) is 8.78 Å². The van der Waals surface area contributed by atoms with Crippen molar-refractivity contribution in [3.8, 4) is 0 Å². The molecule has 76 valence electrons. The molecule has 0 amide bonds. The van der Waals surface area contributed by atoms with Gasteiger partial charge in [-0.1, -0.05) is 6.07 Å². The van der Waals surface area contributed by atoms with Gasteiger partial charge in [0.15, 0.2) is 0 Å². The molecule has 2 rings (SSSR count). The van der Waals surface area contributed by atoms with Crippen LogP contribution in [0.2, 0.25) is 0 Å². The SMILES string of the molecule is NC1CCC1Cc1c(F)cccc1F. The maximum absolute atomic E-state index is 13.2. The average Bonchev–Trinajstić information content (AvgIpc) is 2.15. The summed E-state index contributed by atoms with van der Waals surface area (Å²) in [6, 6.07) is 4.09. The molecule has 1 fully saturated rings. The van der Waals surface area contributed by atoms with Gasteiger partial charge in [-0.15, -0.1) is 0 Å². The first-order valence-electron chi connectivity index (χ1n) is 4.87. The second kappa shape index (κ2) is 3.65. The Kier molecular flexibility index (Phi) is 2.50. The number of hydrogen-bond acceptors (Lipinski definition) is 1. The molecule has 2 N–H and O–H groups in total. The third kappa shape index (κ3) is 1.64. The van der Waals surface area contributed by atoms with E-state index in [4.69, 9.17) is 5.73 Å². The van der Waals surface area contributed by atoms with Crippen LogP contribution in [0, 0.1) is 17.6 Å². The average molecular weight is 197 g/mol. The highest BCUT2D eigenvalue weighted by atomic mass is 19.1. The molecule has 1 aliphatic carbocycles. The second-order valence-corrected chi connectivity index (χ2v) is 3.91. The lowest BCUT2D eigenvalue weighted by molar-refractivity contribution is 0.251. The van der Waals surface area contributed by atoms with Crippen LogP contribution >= 0.6 is 0 Å². The maximum Gasteiger partial charge on any atom is 0.129 e. The molecule has 1 aromatic rings. The van der Waals surface area contributed by atoms with Gasteiger partial charge < -0.3 is 5.73 Å². The summed E-state index contributed by atoms with van der Waals surface area (Å²) in [5, 5.41) is 0. The molecule has 14 heavy (non-hydrogen) atoms. The molecule has 0 aromatic heterocycles. The highest BCUT2D eigenvalue weighted by molar-refractivity contribution is 5.21. The molecular weight excluding hydrogens is 184 g/mol. The zero-order chi connectivity index (χ0) is 10.1. The van der Waals surface area contributed by atoms with Gasteiger partial charge in [-0.3, -0.25) is 0 Å². The van der Waals surface area contributed by atoms with Gasteiger partial charge in [0.25, 0.3) is 0 Å². The first kappa shape index (κ1) is 9.59. The first-order valence-corrected chi connectivity index (χ1v) is 4.87. The minimum Gasteiger partial charge on any atom is -0.327 e. The summed E-state index contributed by atoms with van der Waals surface area (Å²) in [7, 11) is 0. The van der Waals surface area contributed by atoms with Crippen molar-refractivity contribution in [3.63, 3.8) is 0 Å². The normalized spacial score (nSPS) is 25.9. The number of rotatable bonds is 2. The summed E-state index contributed by atoms with van der Waals surface area (Å²) in [5.74, 6) is -0.658. The zero-order valence-corrected chi connectivity index (χ0v) is 7.84. The largest absolute Gasteiger partial charge is 0.327 e. The van der Waals surface area contributed by atoms with E-state index in [-0.39, 0.29) is 17.5 Å². The van der Waals surface area contributed by atoms with Gasteiger partial charge in [0.2, 0.25) is 0 Å². The van der Waals surface area contributed by atoms with E-state index in [9.17, 15) is 8.78 Å². The second-order valence-electron chi connectivity index (χ2n) is 3.91. The molecule has 0 saturated heterocycles. The topological polar surface area (TPSA) is 26.0 Å². The van der Waals surface area contributed by atoms with Crippen LogP contribution in [-0.2, 0) is 6.42 Å². The monoisotopic (exact) mass is 197 g/mol. The van der Waals surface area contributed by atoms with Crippen LogP contribution in [-0.4, -0.2) is 6.04 Å². The summed E-state index contributed by atoms with van der Waals surface area (Å²) < 4.78 is 26.4. The standard InChI is InChI=1S/C11H13F2N/c12-9-2-1-3-10(13)8(9)6-7-4-5-11(7)14/h1-3,7,11H,4-6,14H2. The Labute approximate surface area is 81.9 Å². The van der Waals surface area contributed by atoms with Gasteiger partial charge in [-0.2, -0.15) is 0 Å². The number of halogens is 2. The Balaban J connectivity index is 2.15. The maximum atomic E-state index is 13.2. The molecule has 1 aliphatic rings. The van der Waals surface area contributed by atoms with E-state index in [1.54, 1.807) is 0 Å². The summed E-state index contributed by atoms with van der Waals surface area (Å²) in [5.41, 5.74) is 5.91. The lowest BCUT2D eigenvalue weighted by Crippen LogP contribution is -2.40. The van der Waals surface area contributed by atoms with Crippen LogP contribution in [0.1, 0.15) is 18.4 Å². The van der Waals surface area contributed by atoms with E-state index < -0.39 is 11.6 Å². The predicted octanol–water partition coefficient (Wildman–Crippen LogP) is 2.24.